The molecule has 0 spiro atoms. The molecule has 6 nitrogen and oxygen atoms in total. The Labute approximate surface area is 124 Å². The highest BCUT2D eigenvalue weighted by Gasteiger charge is 2.27. The first kappa shape index (κ1) is 15.6. The van der Waals surface area contributed by atoms with Crippen molar-refractivity contribution in [1.82, 2.24) is 4.72 Å². The Morgan fingerprint density at radius 1 is 1.48 bits per heavy atom. The highest BCUT2D eigenvalue weighted by atomic mass is 32.2. The summed E-state index contributed by atoms with van der Waals surface area (Å²) in [6, 6.07) is 5.48. The summed E-state index contributed by atoms with van der Waals surface area (Å²) in [5, 5.41) is 0. The van der Waals surface area contributed by atoms with Crippen LogP contribution < -0.4 is 14.2 Å². The smallest absolute Gasteiger partial charge is 0.240 e. The third-order valence-electron chi connectivity index (χ3n) is 3.07. The molecule has 1 N–H and O–H groups in total. The first-order valence-electron chi connectivity index (χ1n) is 6.79. The van der Waals surface area contributed by atoms with Gasteiger partial charge in [0, 0.05) is 6.07 Å². The van der Waals surface area contributed by atoms with Crippen molar-refractivity contribution in [3.05, 3.63) is 23.8 Å². The minimum absolute atomic E-state index is 0.158. The van der Waals surface area contributed by atoms with Crippen LogP contribution in [0, 0.1) is 5.92 Å². The SMILES string of the molecule is CCCOc1ccc2c(c1)OCC(C(=O)NS(C)(=O)=O)C2. The van der Waals surface area contributed by atoms with E-state index in [9.17, 15) is 13.2 Å². The number of nitrogens with one attached hydrogen (secondary N) is 1. The van der Waals surface area contributed by atoms with Crippen LogP contribution in [0.4, 0.5) is 0 Å². The fraction of sp³-hybridized carbons (Fsp3) is 0.500. The lowest BCUT2D eigenvalue weighted by atomic mass is 9.96. The van der Waals surface area contributed by atoms with Crippen LogP contribution in [0.1, 0.15) is 18.9 Å². The number of sulfonamides is 1. The zero-order chi connectivity index (χ0) is 15.5. The van der Waals surface area contributed by atoms with Crippen LogP contribution in [0.5, 0.6) is 11.5 Å². The predicted molar refractivity (Wildman–Crippen MR) is 77.9 cm³/mol. The van der Waals surface area contributed by atoms with Crippen molar-refractivity contribution in [2.24, 2.45) is 5.92 Å². The summed E-state index contributed by atoms with van der Waals surface area (Å²) >= 11 is 0. The molecule has 0 aromatic heterocycles. The van der Waals surface area contributed by atoms with E-state index in [1.807, 2.05) is 23.8 Å². The molecule has 1 aromatic carbocycles. The summed E-state index contributed by atoms with van der Waals surface area (Å²) in [5.74, 6) is 0.380. The molecular formula is C14H19NO5S. The van der Waals surface area contributed by atoms with Gasteiger partial charge in [-0.15, -0.1) is 0 Å². The lowest BCUT2D eigenvalue weighted by Crippen LogP contribution is -2.39. The van der Waals surface area contributed by atoms with Gasteiger partial charge in [-0.2, -0.15) is 0 Å². The van der Waals surface area contributed by atoms with E-state index in [4.69, 9.17) is 9.47 Å². The average molecular weight is 313 g/mol. The minimum Gasteiger partial charge on any atom is -0.493 e. The fourth-order valence-electron chi connectivity index (χ4n) is 2.10. The zero-order valence-corrected chi connectivity index (χ0v) is 12.9. The monoisotopic (exact) mass is 313 g/mol. The second-order valence-electron chi connectivity index (χ2n) is 5.07. The molecule has 0 saturated carbocycles. The number of carbonyl (C=O) groups is 1. The molecule has 0 fully saturated rings. The lowest BCUT2D eigenvalue weighted by molar-refractivity contribution is -0.124. The molecule has 1 aliphatic rings. The van der Waals surface area contributed by atoms with Gasteiger partial charge in [0.25, 0.3) is 0 Å². The fourth-order valence-corrected chi connectivity index (χ4v) is 2.63. The molecule has 0 aliphatic carbocycles. The number of hydrogen-bond donors (Lipinski definition) is 1. The van der Waals surface area contributed by atoms with E-state index in [-0.39, 0.29) is 6.61 Å². The maximum absolute atomic E-state index is 11.8. The van der Waals surface area contributed by atoms with E-state index in [0.717, 1.165) is 24.0 Å². The van der Waals surface area contributed by atoms with E-state index in [0.29, 0.717) is 18.8 Å². The highest BCUT2D eigenvalue weighted by Crippen LogP contribution is 2.31. The second kappa shape index (κ2) is 6.34. The molecule has 0 bridgehead atoms. The molecule has 1 unspecified atom stereocenters. The number of carbonyl (C=O) groups excluding carboxylic acids is 1. The first-order chi connectivity index (χ1) is 9.89. The Bertz CT molecular complexity index is 626. The Morgan fingerprint density at radius 3 is 2.90 bits per heavy atom. The van der Waals surface area contributed by atoms with E-state index >= 15 is 0 Å². The van der Waals surface area contributed by atoms with Gasteiger partial charge in [0.1, 0.15) is 18.1 Å². The molecule has 21 heavy (non-hydrogen) atoms. The van der Waals surface area contributed by atoms with Gasteiger partial charge in [0.05, 0.1) is 18.8 Å². The van der Waals surface area contributed by atoms with Gasteiger partial charge in [-0.1, -0.05) is 13.0 Å². The third kappa shape index (κ3) is 4.35. The number of ether oxygens (including phenoxy) is 2. The summed E-state index contributed by atoms with van der Waals surface area (Å²) in [4.78, 5) is 11.8. The van der Waals surface area contributed by atoms with E-state index < -0.39 is 21.8 Å². The van der Waals surface area contributed by atoms with Crippen molar-refractivity contribution >= 4 is 15.9 Å². The summed E-state index contributed by atoms with van der Waals surface area (Å²) in [5.41, 5.74) is 0.874. The highest BCUT2D eigenvalue weighted by molar-refractivity contribution is 7.89. The van der Waals surface area contributed by atoms with Crippen LogP contribution in [-0.2, 0) is 21.2 Å². The van der Waals surface area contributed by atoms with Crippen LogP contribution in [0.2, 0.25) is 0 Å². The van der Waals surface area contributed by atoms with Gasteiger partial charge in [-0.25, -0.2) is 8.42 Å². The molecule has 1 aliphatic heterocycles. The molecular weight excluding hydrogens is 294 g/mol. The molecule has 1 amide bonds. The second-order valence-corrected chi connectivity index (χ2v) is 6.82. The van der Waals surface area contributed by atoms with Crippen molar-refractivity contribution in [3.63, 3.8) is 0 Å². The van der Waals surface area contributed by atoms with Gasteiger partial charge in [-0.3, -0.25) is 9.52 Å². The van der Waals surface area contributed by atoms with E-state index in [1.54, 1.807) is 6.07 Å². The number of fused-ring (bicyclic) bond motifs is 1. The predicted octanol–water partition coefficient (Wildman–Crippen LogP) is 1.10. The summed E-state index contributed by atoms with van der Waals surface area (Å²) < 4.78 is 35.2. The van der Waals surface area contributed by atoms with Crippen molar-refractivity contribution in [2.45, 2.75) is 19.8 Å². The number of hydrogen-bond acceptors (Lipinski definition) is 5. The molecule has 7 heteroatoms. The number of rotatable bonds is 5. The van der Waals surface area contributed by atoms with Crippen LogP contribution in [0.25, 0.3) is 0 Å². The van der Waals surface area contributed by atoms with Crippen molar-refractivity contribution in [1.29, 1.82) is 0 Å². The van der Waals surface area contributed by atoms with Crippen LogP contribution in [0.3, 0.4) is 0 Å². The van der Waals surface area contributed by atoms with Crippen molar-refractivity contribution in [3.8, 4) is 11.5 Å². The maximum atomic E-state index is 11.8. The molecule has 1 atom stereocenters. The van der Waals surface area contributed by atoms with E-state index in [1.165, 1.54) is 0 Å². The number of benzene rings is 1. The summed E-state index contributed by atoms with van der Waals surface area (Å²) in [6.45, 7) is 2.82. The summed E-state index contributed by atoms with van der Waals surface area (Å²) in [6.07, 6.45) is 2.33. The largest absolute Gasteiger partial charge is 0.493 e. The zero-order valence-electron chi connectivity index (χ0n) is 12.1. The number of amides is 1. The lowest BCUT2D eigenvalue weighted by Gasteiger charge is -2.24. The maximum Gasteiger partial charge on any atom is 0.240 e. The Balaban J connectivity index is 2.05. The molecule has 0 radical (unpaired) electrons. The molecule has 1 aromatic rings. The van der Waals surface area contributed by atoms with Crippen molar-refractivity contribution < 1.29 is 22.7 Å². The molecule has 2 rings (SSSR count). The first-order valence-corrected chi connectivity index (χ1v) is 8.68. The van der Waals surface area contributed by atoms with Crippen molar-refractivity contribution in [2.75, 3.05) is 19.5 Å². The minimum atomic E-state index is -3.54. The van der Waals surface area contributed by atoms with Crippen LogP contribution >= 0.6 is 0 Å². The average Bonchev–Trinajstić information content (AvgIpc) is 2.42. The van der Waals surface area contributed by atoms with Gasteiger partial charge < -0.3 is 9.47 Å². The normalized spacial score (nSPS) is 17.5. The van der Waals surface area contributed by atoms with Crippen LogP contribution in [-0.4, -0.2) is 33.8 Å². The van der Waals surface area contributed by atoms with E-state index in [2.05, 4.69) is 0 Å². The van der Waals surface area contributed by atoms with Crippen LogP contribution in [0.15, 0.2) is 18.2 Å². The molecule has 0 saturated heterocycles. The van der Waals surface area contributed by atoms with Gasteiger partial charge in [-0.05, 0) is 24.5 Å². The van der Waals surface area contributed by atoms with Gasteiger partial charge in [0.2, 0.25) is 15.9 Å². The Hall–Kier alpha value is -1.76. The Kier molecular flexibility index (Phi) is 4.72. The topological polar surface area (TPSA) is 81.7 Å². The Morgan fingerprint density at radius 2 is 2.24 bits per heavy atom. The standard InChI is InChI=1S/C14H19NO5S/c1-3-6-19-12-5-4-10-7-11(9-20-13(10)8-12)14(16)15-21(2,17)18/h4-5,8,11H,3,6-7,9H2,1-2H3,(H,15,16). The quantitative estimate of drug-likeness (QED) is 0.880. The van der Waals surface area contributed by atoms with Gasteiger partial charge in [0.15, 0.2) is 0 Å². The molecule has 1 heterocycles. The molecule has 116 valence electrons. The third-order valence-corrected chi connectivity index (χ3v) is 3.65. The van der Waals surface area contributed by atoms with Gasteiger partial charge >= 0.3 is 0 Å². The summed E-state index contributed by atoms with van der Waals surface area (Å²) in [7, 11) is -3.54.